The van der Waals surface area contributed by atoms with Crippen molar-refractivity contribution in [2.75, 3.05) is 33.4 Å². The predicted molar refractivity (Wildman–Crippen MR) is 226 cm³/mol. The van der Waals surface area contributed by atoms with Gasteiger partial charge < -0.3 is 19.4 Å². The first kappa shape index (κ1) is 39.7. The SMILES string of the molecule is CCn1c(-c2cccnc2[C@H](C)OC)c2c3cc(ccc31)-c1csc(n1)CC1(C(=O)N3CCC[C@H](N3)C(=O)OCC(C)(C)C2)C2[Si]C2C1C(=O)[C@@H]1CNC[C@H]1C(C)C. The number of thiazole rings is 1. The Morgan fingerprint density at radius 2 is 1.98 bits per heavy atom. The first-order valence-corrected chi connectivity index (χ1v) is 23.2. The molecule has 4 unspecified atom stereocenters. The smallest absolute Gasteiger partial charge is 0.324 e. The van der Waals surface area contributed by atoms with E-state index in [0.29, 0.717) is 54.2 Å². The molecule has 2 radical (unpaired) electrons. The molecular formula is C45H56N6O5SSi. The molecule has 5 aliphatic rings. The molecule has 1 aromatic carbocycles. The number of Topliss-reactive ketones (excluding diaryl/α,β-unsaturated/α-hetero) is 1. The van der Waals surface area contributed by atoms with Gasteiger partial charge in [0.25, 0.3) is 0 Å². The predicted octanol–water partition coefficient (Wildman–Crippen LogP) is 6.69. The summed E-state index contributed by atoms with van der Waals surface area (Å²) in [5, 5.41) is 9.28. The lowest BCUT2D eigenvalue weighted by atomic mass is 9.54. The number of ketones is 1. The number of hydrazine groups is 1. The fourth-order valence-corrected chi connectivity index (χ4v) is 13.8. The number of esters is 1. The highest BCUT2D eigenvalue weighted by Gasteiger charge is 2.77. The van der Waals surface area contributed by atoms with Gasteiger partial charge in [-0.25, -0.2) is 10.4 Å². The van der Waals surface area contributed by atoms with E-state index < -0.39 is 16.9 Å². The summed E-state index contributed by atoms with van der Waals surface area (Å²) in [5.74, 6) is -0.0191. The van der Waals surface area contributed by atoms with Crippen molar-refractivity contribution in [1.29, 1.82) is 0 Å². The average molecular weight is 821 g/mol. The van der Waals surface area contributed by atoms with Gasteiger partial charge in [0.2, 0.25) is 5.91 Å². The van der Waals surface area contributed by atoms with Gasteiger partial charge in [0.05, 0.1) is 40.2 Å². The van der Waals surface area contributed by atoms with Gasteiger partial charge in [-0.05, 0) is 92.4 Å². The van der Waals surface area contributed by atoms with Gasteiger partial charge in [-0.3, -0.25) is 24.4 Å². The van der Waals surface area contributed by atoms with Crippen molar-refractivity contribution in [2.45, 2.75) is 97.0 Å². The summed E-state index contributed by atoms with van der Waals surface area (Å²) in [6.45, 7) is 15.8. The van der Waals surface area contributed by atoms with Crippen LogP contribution in [0.3, 0.4) is 0 Å². The number of nitrogens with one attached hydrogen (secondary N) is 2. The van der Waals surface area contributed by atoms with Crippen molar-refractivity contribution in [3.05, 3.63) is 58.2 Å². The molecule has 1 saturated carbocycles. The van der Waals surface area contributed by atoms with Crippen LogP contribution in [0, 0.1) is 34.5 Å². The van der Waals surface area contributed by atoms with Gasteiger partial charge in [-0.15, -0.1) is 11.3 Å². The Kier molecular flexibility index (Phi) is 10.3. The lowest BCUT2D eigenvalue weighted by Crippen LogP contribution is -2.64. The minimum atomic E-state index is -0.892. The van der Waals surface area contributed by atoms with Crippen LogP contribution >= 0.6 is 11.3 Å². The van der Waals surface area contributed by atoms with Crippen LogP contribution < -0.4 is 10.7 Å². The minimum Gasteiger partial charge on any atom is -0.464 e. The molecule has 8 atom stereocenters. The van der Waals surface area contributed by atoms with Crippen molar-refractivity contribution >= 4 is 49.4 Å². The van der Waals surface area contributed by atoms with E-state index in [2.05, 4.69) is 79.6 Å². The topological polar surface area (TPSA) is 128 Å². The Bertz CT molecular complexity index is 2270. The van der Waals surface area contributed by atoms with Crippen LogP contribution in [0.15, 0.2) is 41.9 Å². The maximum Gasteiger partial charge on any atom is 0.324 e. The molecule has 2 N–H and O–H groups in total. The number of carbonyl (C=O) groups excluding carboxylic acids is 3. The van der Waals surface area contributed by atoms with Gasteiger partial charge in [0.1, 0.15) is 11.8 Å². The highest BCUT2D eigenvalue weighted by Crippen LogP contribution is 2.77. The van der Waals surface area contributed by atoms with Gasteiger partial charge >= 0.3 is 5.97 Å². The van der Waals surface area contributed by atoms with Crippen LogP contribution in [-0.4, -0.2) is 86.1 Å². The zero-order chi connectivity index (χ0) is 40.7. The zero-order valence-electron chi connectivity index (χ0n) is 34.8. The molecule has 7 heterocycles. The number of pyridine rings is 1. The maximum absolute atomic E-state index is 15.2. The fourth-order valence-electron chi connectivity index (χ4n) is 10.7. The summed E-state index contributed by atoms with van der Waals surface area (Å²) in [6.07, 6.45) is 3.90. The number of rotatable bonds is 7. The number of aromatic nitrogens is 3. The normalized spacial score (nSPS) is 29.9. The van der Waals surface area contributed by atoms with E-state index in [-0.39, 0.29) is 59.2 Å². The van der Waals surface area contributed by atoms with E-state index in [1.54, 1.807) is 23.5 Å². The number of hydrogen-bond acceptors (Lipinski definition) is 10. The molecule has 4 aliphatic heterocycles. The van der Waals surface area contributed by atoms with Crippen LogP contribution in [-0.2, 0) is 43.2 Å². The number of methoxy groups -OCH3 is 1. The molecule has 4 aromatic rings. The summed E-state index contributed by atoms with van der Waals surface area (Å²) < 4.78 is 14.4. The molecule has 1 spiro atoms. The summed E-state index contributed by atoms with van der Waals surface area (Å²) in [6, 6.07) is 10.1. The number of amides is 1. The van der Waals surface area contributed by atoms with E-state index in [4.69, 9.17) is 19.4 Å². The number of fused-ring (bicyclic) bond motifs is 8. The third-order valence-corrected chi connectivity index (χ3v) is 16.6. The molecule has 11 nitrogen and oxygen atoms in total. The second-order valence-corrected chi connectivity index (χ2v) is 21.0. The first-order valence-electron chi connectivity index (χ1n) is 21.2. The van der Waals surface area contributed by atoms with Gasteiger partial charge in [-0.1, -0.05) is 33.8 Å². The van der Waals surface area contributed by atoms with E-state index in [1.807, 2.05) is 19.2 Å². The lowest BCUT2D eigenvalue weighted by molar-refractivity contribution is -0.166. The third-order valence-electron chi connectivity index (χ3n) is 13.9. The van der Waals surface area contributed by atoms with Crippen LogP contribution in [0.2, 0.25) is 11.1 Å². The van der Waals surface area contributed by atoms with Crippen LogP contribution in [0.5, 0.6) is 0 Å². The molecule has 6 bridgehead atoms. The highest BCUT2D eigenvalue weighted by molar-refractivity contribution is 7.10. The Hall–Kier alpha value is -3.75. The summed E-state index contributed by atoms with van der Waals surface area (Å²) in [5.41, 5.74) is 9.55. The summed E-state index contributed by atoms with van der Waals surface area (Å²) >= 11 is 1.58. The van der Waals surface area contributed by atoms with Crippen molar-refractivity contribution < 1.29 is 23.9 Å². The second-order valence-electron chi connectivity index (χ2n) is 18.4. The Balaban J connectivity index is 1.18. The van der Waals surface area contributed by atoms with Crippen molar-refractivity contribution in [2.24, 2.45) is 34.5 Å². The number of hydrogen-bond donors (Lipinski definition) is 2. The standard InChI is InChI=1S/C45H56N6O5SSi/c1-8-50-34-14-13-26-17-28(34)29(38(50)27-11-9-15-47-37(27)25(4)55-7)18-44(5,6)23-56-42(53)32-12-10-16-51(49-32)43(54)45(19-35-48-33(26)22-57-35)36(40-41(45)58-40)39(52)31-21-46-20-30(31)24(2)3/h9,11,13-15,17,22,24-25,30-32,36,40-41,46,49H,8,10,12,16,18-21,23H2,1-7H3/t25-,30-,31+,32-,36?,40?,41?,45?/m0/s1. The number of nitrogens with zero attached hydrogens (tertiary/aromatic N) is 4. The largest absolute Gasteiger partial charge is 0.464 e. The molecule has 306 valence electrons. The quantitative estimate of drug-likeness (QED) is 0.155. The third kappa shape index (κ3) is 6.50. The molecule has 3 saturated heterocycles. The van der Waals surface area contributed by atoms with E-state index in [0.717, 1.165) is 62.8 Å². The number of benzene rings is 1. The van der Waals surface area contributed by atoms with Crippen molar-refractivity contribution in [1.82, 2.24) is 30.3 Å². The molecule has 1 amide bonds. The first-order chi connectivity index (χ1) is 27.9. The Labute approximate surface area is 347 Å². The highest BCUT2D eigenvalue weighted by atomic mass is 32.1. The lowest BCUT2D eigenvalue weighted by Gasteiger charge is -2.51. The number of ether oxygens (including phenoxy) is 2. The summed E-state index contributed by atoms with van der Waals surface area (Å²) in [4.78, 5) is 54.0. The van der Waals surface area contributed by atoms with Gasteiger partial charge in [0, 0.05) is 93.5 Å². The number of cyclic esters (lactones) is 1. The molecule has 4 fully saturated rings. The van der Waals surface area contributed by atoms with Crippen molar-refractivity contribution in [3.8, 4) is 22.5 Å². The number of aryl methyl sites for hydroxylation is 1. The Morgan fingerprint density at radius 1 is 1.16 bits per heavy atom. The molecular weight excluding hydrogens is 765 g/mol. The molecule has 58 heavy (non-hydrogen) atoms. The minimum absolute atomic E-state index is 0.0584. The van der Waals surface area contributed by atoms with Crippen molar-refractivity contribution in [3.63, 3.8) is 0 Å². The average Bonchev–Trinajstić information content (AvgIpc) is 3.55. The van der Waals surface area contributed by atoms with Crippen LogP contribution in [0.1, 0.15) is 76.8 Å². The van der Waals surface area contributed by atoms with E-state index in [9.17, 15) is 9.59 Å². The van der Waals surface area contributed by atoms with Crippen LogP contribution in [0.25, 0.3) is 33.4 Å². The van der Waals surface area contributed by atoms with E-state index >= 15 is 4.79 Å². The Morgan fingerprint density at radius 3 is 2.76 bits per heavy atom. The van der Waals surface area contributed by atoms with Crippen LogP contribution in [0.4, 0.5) is 0 Å². The molecule has 13 heteroatoms. The molecule has 1 aliphatic carbocycles. The zero-order valence-corrected chi connectivity index (χ0v) is 36.6. The van der Waals surface area contributed by atoms with Gasteiger partial charge in [-0.2, -0.15) is 0 Å². The molecule has 3 aromatic heterocycles. The number of carbonyl (C=O) groups is 3. The van der Waals surface area contributed by atoms with E-state index in [1.165, 1.54) is 0 Å². The monoisotopic (exact) mass is 820 g/mol. The summed E-state index contributed by atoms with van der Waals surface area (Å²) in [7, 11) is 2.29. The van der Waals surface area contributed by atoms with Gasteiger partial charge in [0.15, 0.2) is 0 Å². The maximum atomic E-state index is 15.2. The second kappa shape index (κ2) is 15.1. The molecule has 9 rings (SSSR count). The fraction of sp³-hybridized carbons (Fsp3) is 0.578.